The van der Waals surface area contributed by atoms with Crippen molar-refractivity contribution in [3.63, 3.8) is 0 Å². The van der Waals surface area contributed by atoms with E-state index in [1.54, 1.807) is 29.3 Å². The van der Waals surface area contributed by atoms with Crippen LogP contribution in [0.15, 0.2) is 53.9 Å². The van der Waals surface area contributed by atoms with Crippen LogP contribution in [0.5, 0.6) is 5.75 Å². The third kappa shape index (κ3) is 7.58. The standard InChI is InChI=1S/C30H33F2N9O3S/c1-30(2,17-33)18-35-19-7-11-39(12-8-19)25(42)16-40-15-23(37-28(43)22-14-36-41-10-4-9-34-27(22)41)26(38-40)21-13-20(45-3)5-6-24(21)44-29(31)32/h4-6,9-10,13-15,19,29,35H,7-8,11-12,16,18H2,1-3H3,(H,37,43). The first-order valence-electron chi connectivity index (χ1n) is 14.3. The van der Waals surface area contributed by atoms with Crippen molar-refractivity contribution in [2.24, 2.45) is 5.41 Å². The highest BCUT2D eigenvalue weighted by atomic mass is 32.2. The normalized spacial score (nSPS) is 14.1. The van der Waals surface area contributed by atoms with Crippen LogP contribution < -0.4 is 15.4 Å². The number of hydrogen-bond donors (Lipinski definition) is 2. The van der Waals surface area contributed by atoms with Crippen molar-refractivity contribution in [3.8, 4) is 23.1 Å². The first-order valence-corrected chi connectivity index (χ1v) is 15.5. The highest BCUT2D eigenvalue weighted by molar-refractivity contribution is 7.98. The highest BCUT2D eigenvalue weighted by Crippen LogP contribution is 2.38. The van der Waals surface area contributed by atoms with E-state index in [0.29, 0.717) is 25.3 Å². The number of thioether (sulfide) groups is 1. The van der Waals surface area contributed by atoms with E-state index in [1.165, 1.54) is 45.6 Å². The Morgan fingerprint density at radius 2 is 2.04 bits per heavy atom. The number of halogens is 2. The van der Waals surface area contributed by atoms with Crippen LogP contribution in [0.4, 0.5) is 14.5 Å². The predicted molar refractivity (Wildman–Crippen MR) is 164 cm³/mol. The molecule has 3 aromatic heterocycles. The van der Waals surface area contributed by atoms with Crippen molar-refractivity contribution < 1.29 is 23.1 Å². The first-order chi connectivity index (χ1) is 21.6. The van der Waals surface area contributed by atoms with Crippen LogP contribution in [0, 0.1) is 16.7 Å². The fourth-order valence-corrected chi connectivity index (χ4v) is 5.44. The zero-order valence-electron chi connectivity index (χ0n) is 25.0. The molecule has 1 aliphatic heterocycles. The zero-order chi connectivity index (χ0) is 32.1. The van der Waals surface area contributed by atoms with E-state index in [-0.39, 0.29) is 46.8 Å². The fourth-order valence-electron chi connectivity index (χ4n) is 5.00. The number of ether oxygens (including phenoxy) is 1. The fraction of sp³-hybridized carbons (Fsp3) is 0.400. The summed E-state index contributed by atoms with van der Waals surface area (Å²) in [5.41, 5.74) is 0.642. The molecule has 0 aliphatic carbocycles. The van der Waals surface area contributed by atoms with Gasteiger partial charge in [0.2, 0.25) is 5.91 Å². The molecule has 0 spiro atoms. The molecular formula is C30H33F2N9O3S. The molecule has 0 radical (unpaired) electrons. The lowest BCUT2D eigenvalue weighted by atomic mass is 9.94. The maximum Gasteiger partial charge on any atom is 0.387 e. The number of aromatic nitrogens is 5. The number of amides is 2. The number of nitrogens with one attached hydrogen (secondary N) is 2. The van der Waals surface area contributed by atoms with Crippen molar-refractivity contribution in [1.29, 1.82) is 5.26 Å². The Balaban J connectivity index is 1.39. The van der Waals surface area contributed by atoms with Gasteiger partial charge < -0.3 is 20.3 Å². The van der Waals surface area contributed by atoms with Crippen LogP contribution in [-0.2, 0) is 11.3 Å². The average Bonchev–Trinajstić information content (AvgIpc) is 3.64. The molecule has 1 fully saturated rings. The molecule has 15 heteroatoms. The Kier molecular flexibility index (Phi) is 9.64. The largest absolute Gasteiger partial charge is 0.434 e. The summed E-state index contributed by atoms with van der Waals surface area (Å²) in [6, 6.07) is 8.88. The Bertz CT molecular complexity index is 1720. The van der Waals surface area contributed by atoms with Gasteiger partial charge in [-0.15, -0.1) is 11.8 Å². The zero-order valence-corrected chi connectivity index (χ0v) is 25.9. The van der Waals surface area contributed by atoms with Crippen LogP contribution in [0.2, 0.25) is 0 Å². The number of nitriles is 1. The summed E-state index contributed by atoms with van der Waals surface area (Å²) >= 11 is 1.40. The maximum atomic E-state index is 13.4. The maximum absolute atomic E-state index is 13.4. The number of hydrogen-bond acceptors (Lipinski definition) is 9. The molecule has 1 aliphatic rings. The number of carbonyl (C=O) groups excluding carboxylic acids is 2. The minimum Gasteiger partial charge on any atom is -0.434 e. The van der Waals surface area contributed by atoms with Gasteiger partial charge in [-0.05, 0) is 57.2 Å². The van der Waals surface area contributed by atoms with Crippen molar-refractivity contribution in [2.45, 2.75) is 50.8 Å². The summed E-state index contributed by atoms with van der Waals surface area (Å²) in [4.78, 5) is 33.5. The van der Waals surface area contributed by atoms with Crippen molar-refractivity contribution in [2.75, 3.05) is 31.2 Å². The lowest BCUT2D eigenvalue weighted by molar-refractivity contribution is -0.133. The van der Waals surface area contributed by atoms with Crippen molar-refractivity contribution in [3.05, 3.63) is 54.6 Å². The molecule has 0 bridgehead atoms. The number of likely N-dealkylation sites (tertiary alicyclic amines) is 1. The second-order valence-electron chi connectivity index (χ2n) is 11.3. The molecule has 4 aromatic rings. The number of rotatable bonds is 11. The van der Waals surface area contributed by atoms with Gasteiger partial charge in [0.15, 0.2) is 5.65 Å². The molecule has 2 amide bonds. The van der Waals surface area contributed by atoms with Gasteiger partial charge in [-0.2, -0.15) is 24.2 Å². The van der Waals surface area contributed by atoms with Gasteiger partial charge in [-0.1, -0.05) is 0 Å². The summed E-state index contributed by atoms with van der Waals surface area (Å²) in [5, 5.41) is 24.2. The van der Waals surface area contributed by atoms with Crippen LogP contribution in [0.3, 0.4) is 0 Å². The van der Waals surface area contributed by atoms with E-state index < -0.39 is 17.9 Å². The van der Waals surface area contributed by atoms with Gasteiger partial charge in [0.05, 0.1) is 23.4 Å². The van der Waals surface area contributed by atoms with Crippen LogP contribution in [0.25, 0.3) is 16.9 Å². The van der Waals surface area contributed by atoms with Crippen LogP contribution in [-0.4, -0.2) is 79.6 Å². The Hall–Kier alpha value is -4.55. The first kappa shape index (κ1) is 31.9. The number of nitrogens with zero attached hydrogens (tertiary/aromatic N) is 7. The Labute approximate surface area is 262 Å². The predicted octanol–water partition coefficient (Wildman–Crippen LogP) is 4.30. The van der Waals surface area contributed by atoms with E-state index in [2.05, 4.69) is 31.9 Å². The summed E-state index contributed by atoms with van der Waals surface area (Å²) < 4.78 is 34.4. The van der Waals surface area contributed by atoms with Gasteiger partial charge >= 0.3 is 6.61 Å². The summed E-state index contributed by atoms with van der Waals surface area (Å²) in [6.45, 7) is 2.17. The second kappa shape index (κ2) is 13.6. The van der Waals surface area contributed by atoms with Crippen molar-refractivity contribution in [1.82, 2.24) is 34.6 Å². The number of anilines is 1. The van der Waals surface area contributed by atoms with E-state index in [4.69, 9.17) is 4.74 Å². The molecule has 5 rings (SSSR count). The van der Waals surface area contributed by atoms with Gasteiger partial charge in [0.25, 0.3) is 5.91 Å². The second-order valence-corrected chi connectivity index (χ2v) is 12.1. The summed E-state index contributed by atoms with van der Waals surface area (Å²) in [7, 11) is 0. The topological polar surface area (TPSA) is 142 Å². The van der Waals surface area contributed by atoms with Gasteiger partial charge in [0, 0.05) is 54.7 Å². The third-order valence-corrected chi connectivity index (χ3v) is 8.20. The van der Waals surface area contributed by atoms with Crippen LogP contribution in [0.1, 0.15) is 37.0 Å². The molecule has 2 N–H and O–H groups in total. The molecule has 12 nitrogen and oxygen atoms in total. The molecule has 1 aromatic carbocycles. The summed E-state index contributed by atoms with van der Waals surface area (Å²) in [5.74, 6) is -0.838. The molecule has 4 heterocycles. The van der Waals surface area contributed by atoms with E-state index in [1.807, 2.05) is 20.1 Å². The molecular weight excluding hydrogens is 604 g/mol. The monoisotopic (exact) mass is 637 g/mol. The van der Waals surface area contributed by atoms with Crippen molar-refractivity contribution >= 4 is 34.9 Å². The lowest BCUT2D eigenvalue weighted by Crippen LogP contribution is -2.47. The van der Waals surface area contributed by atoms with Gasteiger partial charge in [0.1, 0.15) is 23.6 Å². The number of piperidine rings is 1. The van der Waals surface area contributed by atoms with E-state index >= 15 is 0 Å². The Morgan fingerprint density at radius 3 is 2.76 bits per heavy atom. The highest BCUT2D eigenvalue weighted by Gasteiger charge is 2.27. The van der Waals surface area contributed by atoms with Gasteiger partial charge in [-0.25, -0.2) is 9.50 Å². The number of fused-ring (bicyclic) bond motifs is 1. The molecule has 0 saturated carbocycles. The summed E-state index contributed by atoms with van der Waals surface area (Å²) in [6.07, 6.45) is 9.39. The van der Waals surface area contributed by atoms with E-state index in [9.17, 15) is 23.6 Å². The smallest absolute Gasteiger partial charge is 0.387 e. The molecule has 1 saturated heterocycles. The Morgan fingerprint density at radius 1 is 1.27 bits per heavy atom. The number of alkyl halides is 2. The van der Waals surface area contributed by atoms with E-state index in [0.717, 1.165) is 17.7 Å². The third-order valence-electron chi connectivity index (χ3n) is 7.47. The SMILES string of the molecule is CSc1ccc(OC(F)F)c(-c2nn(CC(=O)N3CCC(NCC(C)(C)C#N)CC3)cc2NC(=O)c2cnn3cccnc23)c1. The lowest BCUT2D eigenvalue weighted by Gasteiger charge is -2.33. The van der Waals surface area contributed by atoms with Crippen LogP contribution >= 0.6 is 11.8 Å². The quantitative estimate of drug-likeness (QED) is 0.230. The number of carbonyl (C=O) groups is 2. The average molecular weight is 638 g/mol. The molecule has 0 atom stereocenters. The minimum absolute atomic E-state index is 0.123. The number of benzene rings is 1. The van der Waals surface area contributed by atoms with Gasteiger partial charge in [-0.3, -0.25) is 14.3 Å². The minimum atomic E-state index is -3.08. The molecule has 236 valence electrons. The molecule has 45 heavy (non-hydrogen) atoms. The molecule has 0 unspecified atom stereocenters.